The zero-order chi connectivity index (χ0) is 15.4. The Kier molecular flexibility index (Phi) is 6.57. The molecule has 1 aromatic carbocycles. The predicted molar refractivity (Wildman–Crippen MR) is 98.4 cm³/mol. The molecule has 4 nitrogen and oxygen atoms in total. The molecule has 1 saturated heterocycles. The average Bonchev–Trinajstić information content (AvgIpc) is 3.17. The first kappa shape index (κ1) is 17.9. The number of aromatic nitrogens is 1. The van der Waals surface area contributed by atoms with Gasteiger partial charge in [0.05, 0.1) is 10.7 Å². The molecule has 0 bridgehead atoms. The largest absolute Gasteiger partial charge is 0.326 e. The molecule has 0 spiro atoms. The van der Waals surface area contributed by atoms with Crippen LogP contribution in [0, 0.1) is 12.8 Å². The van der Waals surface area contributed by atoms with Crippen LogP contribution in [0.15, 0.2) is 29.6 Å². The van der Waals surface area contributed by atoms with Gasteiger partial charge in [0.1, 0.15) is 0 Å². The van der Waals surface area contributed by atoms with Crippen molar-refractivity contribution in [2.24, 2.45) is 5.92 Å². The summed E-state index contributed by atoms with van der Waals surface area (Å²) in [6.07, 6.45) is 2.75. The maximum atomic E-state index is 12.0. The number of carbonyl (C=O) groups is 1. The molecule has 1 amide bonds. The lowest BCUT2D eigenvalue weighted by Gasteiger charge is -2.09. The van der Waals surface area contributed by atoms with Crippen LogP contribution in [0.3, 0.4) is 0 Å². The first-order chi connectivity index (χ1) is 10.7. The molecule has 2 N–H and O–H groups in total. The smallest absolute Gasteiger partial charge is 0.224 e. The number of benzene rings is 1. The Morgan fingerprint density at radius 2 is 2.17 bits per heavy atom. The number of thiazole rings is 1. The van der Waals surface area contributed by atoms with Crippen molar-refractivity contribution in [3.05, 3.63) is 34.7 Å². The number of carbonyl (C=O) groups excluding carboxylic acids is 1. The molecule has 3 rings (SSSR count). The van der Waals surface area contributed by atoms with E-state index in [1.165, 1.54) is 6.42 Å². The Morgan fingerprint density at radius 1 is 1.39 bits per heavy atom. The van der Waals surface area contributed by atoms with Gasteiger partial charge < -0.3 is 10.6 Å². The molecule has 124 valence electrons. The number of rotatable bonds is 5. The molecule has 0 aliphatic carbocycles. The third-order valence-electron chi connectivity index (χ3n) is 4.03. The summed E-state index contributed by atoms with van der Waals surface area (Å²) in [4.78, 5) is 16.5. The second-order valence-electron chi connectivity index (χ2n) is 5.77. The van der Waals surface area contributed by atoms with Crippen molar-refractivity contribution in [1.82, 2.24) is 10.3 Å². The van der Waals surface area contributed by atoms with Crippen LogP contribution in [-0.2, 0) is 4.79 Å². The van der Waals surface area contributed by atoms with E-state index < -0.39 is 0 Å². The van der Waals surface area contributed by atoms with E-state index in [9.17, 15) is 4.79 Å². The minimum atomic E-state index is 0. The van der Waals surface area contributed by atoms with Crippen LogP contribution in [0.25, 0.3) is 11.3 Å². The average molecular weight is 352 g/mol. The first-order valence-corrected chi connectivity index (χ1v) is 8.62. The Hall–Kier alpha value is -1.43. The van der Waals surface area contributed by atoms with Crippen LogP contribution in [0.4, 0.5) is 5.69 Å². The monoisotopic (exact) mass is 351 g/mol. The van der Waals surface area contributed by atoms with Crippen LogP contribution in [0.5, 0.6) is 0 Å². The molecule has 1 fully saturated rings. The highest BCUT2D eigenvalue weighted by atomic mass is 35.5. The van der Waals surface area contributed by atoms with Crippen LogP contribution in [0.2, 0.25) is 0 Å². The van der Waals surface area contributed by atoms with Crippen LogP contribution < -0.4 is 10.6 Å². The zero-order valence-electron chi connectivity index (χ0n) is 13.2. The van der Waals surface area contributed by atoms with Crippen molar-refractivity contribution in [2.75, 3.05) is 18.4 Å². The molecule has 6 heteroatoms. The van der Waals surface area contributed by atoms with E-state index in [1.54, 1.807) is 11.3 Å². The molecule has 1 aliphatic heterocycles. The van der Waals surface area contributed by atoms with E-state index in [1.807, 2.05) is 31.2 Å². The number of anilines is 1. The fourth-order valence-electron chi connectivity index (χ4n) is 2.74. The van der Waals surface area contributed by atoms with E-state index in [0.29, 0.717) is 12.3 Å². The van der Waals surface area contributed by atoms with Gasteiger partial charge in [-0.2, -0.15) is 0 Å². The second kappa shape index (κ2) is 8.43. The summed E-state index contributed by atoms with van der Waals surface area (Å²) < 4.78 is 0. The summed E-state index contributed by atoms with van der Waals surface area (Å²) in [6.45, 7) is 4.14. The van der Waals surface area contributed by atoms with Crippen LogP contribution in [-0.4, -0.2) is 24.0 Å². The molecule has 0 radical (unpaired) electrons. The lowest BCUT2D eigenvalue weighted by atomic mass is 10.0. The van der Waals surface area contributed by atoms with Crippen molar-refractivity contribution >= 4 is 35.3 Å². The van der Waals surface area contributed by atoms with Crippen molar-refractivity contribution in [3.8, 4) is 11.3 Å². The van der Waals surface area contributed by atoms with Crippen molar-refractivity contribution in [1.29, 1.82) is 0 Å². The molecule has 0 saturated carbocycles. The molecule has 1 unspecified atom stereocenters. The summed E-state index contributed by atoms with van der Waals surface area (Å²) in [5.74, 6) is 0.755. The SMILES string of the molecule is Cc1nc(-c2ccc(NC(=O)CCC3CCNC3)cc2)cs1.Cl. The lowest BCUT2D eigenvalue weighted by molar-refractivity contribution is -0.116. The zero-order valence-corrected chi connectivity index (χ0v) is 14.8. The highest BCUT2D eigenvalue weighted by Crippen LogP contribution is 2.23. The van der Waals surface area contributed by atoms with Crippen LogP contribution in [0.1, 0.15) is 24.3 Å². The van der Waals surface area contributed by atoms with Gasteiger partial charge in [0.2, 0.25) is 5.91 Å². The molecule has 23 heavy (non-hydrogen) atoms. The number of nitrogens with one attached hydrogen (secondary N) is 2. The minimum Gasteiger partial charge on any atom is -0.326 e. The van der Waals surface area contributed by atoms with Gasteiger partial charge in [-0.1, -0.05) is 12.1 Å². The molecular weight excluding hydrogens is 330 g/mol. The van der Waals surface area contributed by atoms with E-state index in [-0.39, 0.29) is 18.3 Å². The number of hydrogen-bond acceptors (Lipinski definition) is 4. The number of amides is 1. The molecule has 1 atom stereocenters. The molecule has 1 aromatic heterocycles. The molecule has 2 heterocycles. The maximum absolute atomic E-state index is 12.0. The van der Waals surface area contributed by atoms with Gasteiger partial charge in [-0.3, -0.25) is 4.79 Å². The summed E-state index contributed by atoms with van der Waals surface area (Å²) in [5, 5.41) is 9.42. The van der Waals surface area contributed by atoms with Gasteiger partial charge in [-0.15, -0.1) is 23.7 Å². The van der Waals surface area contributed by atoms with Crippen molar-refractivity contribution < 1.29 is 4.79 Å². The Balaban J connectivity index is 0.00000192. The topological polar surface area (TPSA) is 54.0 Å². The predicted octanol–water partition coefficient (Wildman–Crippen LogP) is 3.87. The lowest BCUT2D eigenvalue weighted by Crippen LogP contribution is -2.14. The van der Waals surface area contributed by atoms with Crippen LogP contribution >= 0.6 is 23.7 Å². The van der Waals surface area contributed by atoms with E-state index >= 15 is 0 Å². The number of aryl methyl sites for hydroxylation is 1. The summed E-state index contributed by atoms with van der Waals surface area (Å²) >= 11 is 1.65. The molecule has 2 aromatic rings. The number of nitrogens with zero attached hydrogens (tertiary/aromatic N) is 1. The van der Waals surface area contributed by atoms with Gasteiger partial charge in [0.25, 0.3) is 0 Å². The van der Waals surface area contributed by atoms with Gasteiger partial charge in [0.15, 0.2) is 0 Å². The fraction of sp³-hybridized carbons (Fsp3) is 0.412. The Bertz CT molecular complexity index is 636. The number of hydrogen-bond donors (Lipinski definition) is 2. The molecular formula is C17H22ClN3OS. The standard InChI is InChI=1S/C17H21N3OS.ClH/c1-12-19-16(11-22-12)14-3-5-15(6-4-14)20-17(21)7-2-13-8-9-18-10-13;/h3-6,11,13,18H,2,7-10H2,1H3,(H,20,21);1H. The van der Waals surface area contributed by atoms with Gasteiger partial charge in [0, 0.05) is 23.1 Å². The maximum Gasteiger partial charge on any atom is 0.224 e. The first-order valence-electron chi connectivity index (χ1n) is 7.74. The van der Waals surface area contributed by atoms with Gasteiger partial charge in [-0.25, -0.2) is 4.98 Å². The normalized spacial score (nSPS) is 16.8. The van der Waals surface area contributed by atoms with Crippen molar-refractivity contribution in [2.45, 2.75) is 26.2 Å². The second-order valence-corrected chi connectivity index (χ2v) is 6.84. The van der Waals surface area contributed by atoms with Crippen molar-refractivity contribution in [3.63, 3.8) is 0 Å². The third-order valence-corrected chi connectivity index (χ3v) is 4.80. The highest BCUT2D eigenvalue weighted by Gasteiger charge is 2.15. The number of halogens is 1. The fourth-order valence-corrected chi connectivity index (χ4v) is 3.36. The Labute approximate surface area is 147 Å². The van der Waals surface area contributed by atoms with Gasteiger partial charge in [-0.05, 0) is 50.9 Å². The Morgan fingerprint density at radius 3 is 2.78 bits per heavy atom. The van der Waals surface area contributed by atoms with E-state index in [0.717, 1.165) is 41.5 Å². The third kappa shape index (κ3) is 5.03. The van der Waals surface area contributed by atoms with E-state index in [2.05, 4.69) is 21.0 Å². The summed E-state index contributed by atoms with van der Waals surface area (Å²) in [5.41, 5.74) is 2.93. The minimum absolute atomic E-state index is 0. The highest BCUT2D eigenvalue weighted by molar-refractivity contribution is 7.09. The quantitative estimate of drug-likeness (QED) is 0.859. The van der Waals surface area contributed by atoms with Gasteiger partial charge >= 0.3 is 0 Å². The summed E-state index contributed by atoms with van der Waals surface area (Å²) in [6, 6.07) is 7.90. The summed E-state index contributed by atoms with van der Waals surface area (Å²) in [7, 11) is 0. The molecule has 1 aliphatic rings. The van der Waals surface area contributed by atoms with E-state index in [4.69, 9.17) is 0 Å².